The van der Waals surface area contributed by atoms with Gasteiger partial charge in [0, 0.05) is 44.1 Å². The molecule has 1 aromatic carbocycles. The fourth-order valence-corrected chi connectivity index (χ4v) is 2.66. The fourth-order valence-electron chi connectivity index (χ4n) is 2.66. The van der Waals surface area contributed by atoms with Crippen molar-refractivity contribution in [1.29, 1.82) is 0 Å². The molecule has 1 saturated heterocycles. The number of pyridine rings is 1. The summed E-state index contributed by atoms with van der Waals surface area (Å²) >= 11 is 0. The highest BCUT2D eigenvalue weighted by Gasteiger charge is 2.20. The number of hydrogen-bond donors (Lipinski definition) is 0. The maximum atomic E-state index is 13.3. The Balaban J connectivity index is 1.77. The summed E-state index contributed by atoms with van der Waals surface area (Å²) in [6, 6.07) is 8.55. The second kappa shape index (κ2) is 5.68. The van der Waals surface area contributed by atoms with Gasteiger partial charge in [-0.1, -0.05) is 6.92 Å². The number of aromatic nitrogens is 1. The van der Waals surface area contributed by atoms with Crippen LogP contribution in [0, 0.1) is 5.82 Å². The number of piperazine rings is 1. The lowest BCUT2D eigenvalue weighted by Gasteiger charge is -2.35. The van der Waals surface area contributed by atoms with E-state index in [2.05, 4.69) is 9.88 Å². The standard InChI is InChI=1S/C16H18FN3O/c1-2-16(21)20-9-7-19(8-10-20)15-6-4-12-3-5-13(17)11-14(12)18-15/h3-6,11H,2,7-10H2,1H3. The van der Waals surface area contributed by atoms with Gasteiger partial charge in [0.2, 0.25) is 5.91 Å². The van der Waals surface area contributed by atoms with E-state index in [1.54, 1.807) is 6.07 Å². The molecule has 2 aromatic rings. The van der Waals surface area contributed by atoms with Crippen molar-refractivity contribution in [1.82, 2.24) is 9.88 Å². The topological polar surface area (TPSA) is 36.4 Å². The summed E-state index contributed by atoms with van der Waals surface area (Å²) in [5, 5.41) is 0.931. The second-order valence-corrected chi connectivity index (χ2v) is 5.23. The summed E-state index contributed by atoms with van der Waals surface area (Å²) in [5.74, 6) is 0.769. The molecule has 0 atom stereocenters. The predicted molar refractivity (Wildman–Crippen MR) is 80.8 cm³/mol. The fraction of sp³-hybridized carbons (Fsp3) is 0.375. The minimum atomic E-state index is -0.273. The molecule has 1 amide bonds. The van der Waals surface area contributed by atoms with E-state index in [9.17, 15) is 9.18 Å². The van der Waals surface area contributed by atoms with Gasteiger partial charge in [-0.05, 0) is 24.3 Å². The highest BCUT2D eigenvalue weighted by Crippen LogP contribution is 2.20. The lowest BCUT2D eigenvalue weighted by Crippen LogP contribution is -2.48. The zero-order valence-corrected chi connectivity index (χ0v) is 12.1. The van der Waals surface area contributed by atoms with Gasteiger partial charge >= 0.3 is 0 Å². The zero-order chi connectivity index (χ0) is 14.8. The second-order valence-electron chi connectivity index (χ2n) is 5.23. The van der Waals surface area contributed by atoms with Crippen LogP contribution < -0.4 is 4.90 Å². The summed E-state index contributed by atoms with van der Waals surface area (Å²) in [6.45, 7) is 4.85. The molecule has 1 aliphatic heterocycles. The molecular weight excluding hydrogens is 269 g/mol. The van der Waals surface area contributed by atoms with Crippen molar-refractivity contribution in [2.45, 2.75) is 13.3 Å². The van der Waals surface area contributed by atoms with Crippen LogP contribution in [0.4, 0.5) is 10.2 Å². The van der Waals surface area contributed by atoms with Crippen molar-refractivity contribution in [3.63, 3.8) is 0 Å². The van der Waals surface area contributed by atoms with Crippen LogP contribution in [-0.2, 0) is 4.79 Å². The van der Waals surface area contributed by atoms with Crippen molar-refractivity contribution in [3.05, 3.63) is 36.1 Å². The number of fused-ring (bicyclic) bond motifs is 1. The molecule has 0 aliphatic carbocycles. The Morgan fingerprint density at radius 3 is 2.62 bits per heavy atom. The third-order valence-corrected chi connectivity index (χ3v) is 3.90. The van der Waals surface area contributed by atoms with Crippen LogP contribution in [0.1, 0.15) is 13.3 Å². The first-order valence-electron chi connectivity index (χ1n) is 7.26. The molecule has 2 heterocycles. The van der Waals surface area contributed by atoms with Crippen molar-refractivity contribution in [2.24, 2.45) is 0 Å². The van der Waals surface area contributed by atoms with Crippen LogP contribution in [0.5, 0.6) is 0 Å². The van der Waals surface area contributed by atoms with Crippen molar-refractivity contribution < 1.29 is 9.18 Å². The maximum absolute atomic E-state index is 13.3. The van der Waals surface area contributed by atoms with Crippen LogP contribution in [0.3, 0.4) is 0 Å². The van der Waals surface area contributed by atoms with Crippen molar-refractivity contribution in [2.75, 3.05) is 31.1 Å². The first-order valence-corrected chi connectivity index (χ1v) is 7.26. The van der Waals surface area contributed by atoms with Gasteiger partial charge in [-0.15, -0.1) is 0 Å². The lowest BCUT2D eigenvalue weighted by atomic mass is 10.2. The lowest BCUT2D eigenvalue weighted by molar-refractivity contribution is -0.131. The van der Waals surface area contributed by atoms with Crippen LogP contribution >= 0.6 is 0 Å². The van der Waals surface area contributed by atoms with Gasteiger partial charge < -0.3 is 9.80 Å². The van der Waals surface area contributed by atoms with Gasteiger partial charge in [0.1, 0.15) is 11.6 Å². The molecule has 4 nitrogen and oxygen atoms in total. The van der Waals surface area contributed by atoms with Gasteiger partial charge in [-0.3, -0.25) is 4.79 Å². The third kappa shape index (κ3) is 2.82. The van der Waals surface area contributed by atoms with E-state index < -0.39 is 0 Å². The molecule has 1 aromatic heterocycles. The Morgan fingerprint density at radius 1 is 1.19 bits per heavy atom. The molecular formula is C16H18FN3O. The summed E-state index contributed by atoms with van der Waals surface area (Å²) in [4.78, 5) is 20.2. The van der Waals surface area contributed by atoms with Gasteiger partial charge in [0.05, 0.1) is 5.52 Å². The number of anilines is 1. The summed E-state index contributed by atoms with van der Waals surface area (Å²) in [6.07, 6.45) is 0.549. The van der Waals surface area contributed by atoms with E-state index in [1.165, 1.54) is 12.1 Å². The Morgan fingerprint density at radius 2 is 1.90 bits per heavy atom. The van der Waals surface area contributed by atoms with E-state index >= 15 is 0 Å². The molecule has 0 bridgehead atoms. The smallest absolute Gasteiger partial charge is 0.222 e. The molecule has 3 rings (SSSR count). The number of carbonyl (C=O) groups is 1. The monoisotopic (exact) mass is 287 g/mol. The molecule has 21 heavy (non-hydrogen) atoms. The number of amides is 1. The van der Waals surface area contributed by atoms with Gasteiger partial charge in [-0.25, -0.2) is 9.37 Å². The Labute approximate surface area is 123 Å². The summed E-state index contributed by atoms with van der Waals surface area (Å²) in [5.41, 5.74) is 0.666. The van der Waals surface area contributed by atoms with Crippen molar-refractivity contribution >= 4 is 22.6 Å². The molecule has 1 fully saturated rings. The summed E-state index contributed by atoms with van der Waals surface area (Å²) < 4.78 is 13.3. The molecule has 5 heteroatoms. The highest BCUT2D eigenvalue weighted by molar-refractivity contribution is 5.80. The van der Waals surface area contributed by atoms with E-state index in [4.69, 9.17) is 0 Å². The minimum Gasteiger partial charge on any atom is -0.353 e. The molecule has 110 valence electrons. The number of hydrogen-bond acceptors (Lipinski definition) is 3. The van der Waals surface area contributed by atoms with Gasteiger partial charge in [0.15, 0.2) is 0 Å². The highest BCUT2D eigenvalue weighted by atomic mass is 19.1. The summed E-state index contributed by atoms with van der Waals surface area (Å²) in [7, 11) is 0. The van der Waals surface area contributed by atoms with Crippen LogP contribution in [0.25, 0.3) is 10.9 Å². The number of benzene rings is 1. The molecule has 0 N–H and O–H groups in total. The molecule has 0 unspecified atom stereocenters. The van der Waals surface area contributed by atoms with E-state index in [1.807, 2.05) is 24.0 Å². The van der Waals surface area contributed by atoms with Crippen LogP contribution in [0.15, 0.2) is 30.3 Å². The van der Waals surface area contributed by atoms with E-state index in [-0.39, 0.29) is 11.7 Å². The largest absolute Gasteiger partial charge is 0.353 e. The number of rotatable bonds is 2. The van der Waals surface area contributed by atoms with Crippen molar-refractivity contribution in [3.8, 4) is 0 Å². The number of nitrogens with zero attached hydrogens (tertiary/aromatic N) is 3. The normalized spacial score (nSPS) is 15.5. The van der Waals surface area contributed by atoms with Crippen LogP contribution in [0.2, 0.25) is 0 Å². The first-order chi connectivity index (χ1) is 10.2. The average Bonchev–Trinajstić information content (AvgIpc) is 2.53. The molecule has 0 saturated carbocycles. The molecule has 0 radical (unpaired) electrons. The third-order valence-electron chi connectivity index (χ3n) is 3.90. The van der Waals surface area contributed by atoms with Gasteiger partial charge in [0.25, 0.3) is 0 Å². The molecule has 0 spiro atoms. The maximum Gasteiger partial charge on any atom is 0.222 e. The number of halogens is 1. The Bertz CT molecular complexity index is 666. The first kappa shape index (κ1) is 13.8. The Kier molecular flexibility index (Phi) is 3.73. The van der Waals surface area contributed by atoms with E-state index in [0.29, 0.717) is 11.9 Å². The Hall–Kier alpha value is -2.17. The molecule has 1 aliphatic rings. The quantitative estimate of drug-likeness (QED) is 0.851. The van der Waals surface area contributed by atoms with Crippen LogP contribution in [-0.4, -0.2) is 42.0 Å². The minimum absolute atomic E-state index is 0.197. The van der Waals surface area contributed by atoms with E-state index in [0.717, 1.165) is 37.4 Å². The predicted octanol–water partition coefficient (Wildman–Crippen LogP) is 2.43. The average molecular weight is 287 g/mol. The zero-order valence-electron chi connectivity index (χ0n) is 12.1. The number of carbonyl (C=O) groups excluding carboxylic acids is 1. The SMILES string of the molecule is CCC(=O)N1CCN(c2ccc3ccc(F)cc3n2)CC1. The van der Waals surface area contributed by atoms with Gasteiger partial charge in [-0.2, -0.15) is 0 Å².